The maximum absolute atomic E-state index is 11.8. The smallest absolute Gasteiger partial charge is 0.335 e. The van der Waals surface area contributed by atoms with E-state index in [0.717, 1.165) is 29.1 Å². The first-order valence-corrected chi connectivity index (χ1v) is 16.3. The van der Waals surface area contributed by atoms with Gasteiger partial charge in [-0.1, -0.05) is 32.9 Å². The lowest BCUT2D eigenvalue weighted by molar-refractivity contribution is 0.0696. The second-order valence-electron chi connectivity index (χ2n) is 10.0. The van der Waals surface area contributed by atoms with Gasteiger partial charge < -0.3 is 19.0 Å². The van der Waals surface area contributed by atoms with Gasteiger partial charge in [-0.2, -0.15) is 0 Å². The van der Waals surface area contributed by atoms with Crippen LogP contribution in [0.5, 0.6) is 11.5 Å². The van der Waals surface area contributed by atoms with Gasteiger partial charge in [0.05, 0.1) is 25.9 Å². The minimum atomic E-state index is -2.23. The molecule has 1 atom stereocenters. The summed E-state index contributed by atoms with van der Waals surface area (Å²) in [6.07, 6.45) is 0.779. The zero-order valence-electron chi connectivity index (χ0n) is 21.1. The van der Waals surface area contributed by atoms with E-state index in [2.05, 4.69) is 33.9 Å². The van der Waals surface area contributed by atoms with Crippen molar-refractivity contribution in [3.63, 3.8) is 0 Å². The minimum absolute atomic E-state index is 0.00229. The lowest BCUT2D eigenvalue weighted by Gasteiger charge is -2.48. The highest BCUT2D eigenvalue weighted by Crippen LogP contribution is 2.60. The third-order valence-corrected chi connectivity index (χ3v) is 14.6. The molecule has 1 aliphatic rings. The second kappa shape index (κ2) is 10.6. The average molecular weight is 521 g/mol. The Kier molecular flexibility index (Phi) is 8.38. The first-order valence-electron chi connectivity index (χ1n) is 11.5. The van der Waals surface area contributed by atoms with Gasteiger partial charge in [-0.3, -0.25) is 0 Å². The number of ether oxygens (including phenoxy) is 2. The summed E-state index contributed by atoms with van der Waals surface area (Å²) in [5, 5.41) is 9.71. The number of carboxylic acids is 1. The fraction of sp³-hybridized carbons (Fsp3) is 0.500. The summed E-state index contributed by atoms with van der Waals surface area (Å²) >= 11 is 3.70. The first kappa shape index (κ1) is 27.0. The van der Waals surface area contributed by atoms with Crippen molar-refractivity contribution in [3.05, 3.63) is 59.2 Å². The number of methoxy groups -OCH3 is 2. The van der Waals surface area contributed by atoms with Crippen molar-refractivity contribution in [2.45, 2.75) is 55.5 Å². The molecule has 0 amide bonds. The number of carbonyl (C=O) groups is 1. The lowest BCUT2D eigenvalue weighted by Crippen LogP contribution is -2.46. The molecule has 34 heavy (non-hydrogen) atoms. The molecule has 0 radical (unpaired) electrons. The summed E-state index contributed by atoms with van der Waals surface area (Å²) in [6, 6.07) is 13.3. The molecule has 5 nitrogen and oxygen atoms in total. The largest absolute Gasteiger partial charge is 0.497 e. The molecule has 0 aliphatic carbocycles. The van der Waals surface area contributed by atoms with Gasteiger partial charge in [0, 0.05) is 6.07 Å². The maximum atomic E-state index is 11.8. The number of hydrogen-bond donors (Lipinski definition) is 1. The molecule has 1 fully saturated rings. The van der Waals surface area contributed by atoms with Crippen LogP contribution in [0.15, 0.2) is 42.5 Å². The van der Waals surface area contributed by atoms with Gasteiger partial charge in [0.15, 0.2) is 8.32 Å². The molecule has 1 N–H and O–H groups in total. The molecule has 2 aromatic carbocycles. The van der Waals surface area contributed by atoms with E-state index in [-0.39, 0.29) is 16.7 Å². The van der Waals surface area contributed by atoms with Crippen molar-refractivity contribution in [3.8, 4) is 11.5 Å². The molecular weight excluding hydrogens is 485 g/mol. The minimum Gasteiger partial charge on any atom is -0.497 e. The van der Waals surface area contributed by atoms with Gasteiger partial charge in [0.25, 0.3) is 0 Å². The van der Waals surface area contributed by atoms with E-state index >= 15 is 0 Å². The zero-order valence-corrected chi connectivity index (χ0v) is 23.8. The van der Waals surface area contributed by atoms with Gasteiger partial charge in [-0.05, 0) is 71.5 Å². The predicted octanol–water partition coefficient (Wildman–Crippen LogP) is 7.19. The molecule has 0 bridgehead atoms. The summed E-state index contributed by atoms with van der Waals surface area (Å²) in [6.45, 7) is 11.2. The summed E-state index contributed by atoms with van der Waals surface area (Å²) in [4.78, 5) is 11.8. The van der Waals surface area contributed by atoms with Crippen LogP contribution >= 0.6 is 23.5 Å². The lowest BCUT2D eigenvalue weighted by atomic mass is 9.98. The fourth-order valence-corrected chi connectivity index (χ4v) is 8.59. The molecule has 1 saturated heterocycles. The molecule has 0 aromatic heterocycles. The quantitative estimate of drug-likeness (QED) is 0.370. The average Bonchev–Trinajstić information content (AvgIpc) is 2.82. The molecule has 1 aliphatic heterocycles. The van der Waals surface area contributed by atoms with Crippen molar-refractivity contribution >= 4 is 37.8 Å². The number of hydrogen-bond acceptors (Lipinski definition) is 6. The highest BCUT2D eigenvalue weighted by molar-refractivity contribution is 8.18. The number of aromatic carboxylic acids is 1. The van der Waals surface area contributed by atoms with E-state index in [1.807, 2.05) is 59.9 Å². The Morgan fingerprint density at radius 2 is 1.62 bits per heavy atom. The van der Waals surface area contributed by atoms with E-state index in [1.165, 1.54) is 0 Å². The van der Waals surface area contributed by atoms with Crippen LogP contribution in [0, 0.1) is 0 Å². The summed E-state index contributed by atoms with van der Waals surface area (Å²) in [5.41, 5.74) is 2.23. The number of carboxylic acid groups (broad SMARTS) is 1. The molecule has 2 aromatic rings. The molecule has 1 heterocycles. The highest BCUT2D eigenvalue weighted by atomic mass is 32.2. The molecule has 186 valence electrons. The Labute approximate surface area is 213 Å². The van der Waals surface area contributed by atoms with Gasteiger partial charge in [0.1, 0.15) is 15.6 Å². The molecule has 8 heteroatoms. The van der Waals surface area contributed by atoms with Crippen LogP contribution in [0.1, 0.15) is 54.8 Å². The van der Waals surface area contributed by atoms with Crippen molar-refractivity contribution in [2.75, 3.05) is 25.7 Å². The van der Waals surface area contributed by atoms with E-state index in [9.17, 15) is 9.90 Å². The van der Waals surface area contributed by atoms with Gasteiger partial charge in [0.2, 0.25) is 0 Å². The van der Waals surface area contributed by atoms with Crippen molar-refractivity contribution in [1.29, 1.82) is 0 Å². The standard InChI is InChI=1S/C26H36O5S2Si/c1-25(2,3)34(6,7)31-23(19-15-21(29-4)17-22(16-19)30-5)26(32-12-9-13-33-26)20-11-8-10-18(14-20)24(27)28/h8,10-11,14-17,23H,9,12-13H2,1-7H3,(H,27,28). The van der Waals surface area contributed by atoms with Crippen LogP contribution < -0.4 is 9.47 Å². The molecule has 3 rings (SSSR count). The maximum Gasteiger partial charge on any atom is 0.335 e. The van der Waals surface area contributed by atoms with E-state index < -0.39 is 18.4 Å². The third-order valence-electron chi connectivity index (χ3n) is 6.67. The number of rotatable bonds is 8. The summed E-state index contributed by atoms with van der Waals surface area (Å²) in [5.74, 6) is 2.44. The zero-order chi connectivity index (χ0) is 25.1. The van der Waals surface area contributed by atoms with Gasteiger partial charge in [-0.15, -0.1) is 23.5 Å². The van der Waals surface area contributed by atoms with E-state index in [4.69, 9.17) is 13.9 Å². The van der Waals surface area contributed by atoms with E-state index in [0.29, 0.717) is 11.5 Å². The Hall–Kier alpha value is -1.61. The van der Waals surface area contributed by atoms with Crippen LogP contribution in [0.4, 0.5) is 0 Å². The second-order valence-corrected chi connectivity index (χ2v) is 17.7. The van der Waals surface area contributed by atoms with Crippen LogP contribution in [0.2, 0.25) is 18.1 Å². The molecule has 0 spiro atoms. The Morgan fingerprint density at radius 3 is 2.12 bits per heavy atom. The highest BCUT2D eigenvalue weighted by Gasteiger charge is 2.50. The van der Waals surface area contributed by atoms with Gasteiger partial charge in [-0.25, -0.2) is 4.79 Å². The van der Waals surface area contributed by atoms with Gasteiger partial charge >= 0.3 is 5.97 Å². The Balaban J connectivity index is 2.27. The van der Waals surface area contributed by atoms with Crippen molar-refractivity contribution in [1.82, 2.24) is 0 Å². The molecule has 0 saturated carbocycles. The number of thioether (sulfide) groups is 2. The van der Waals surface area contributed by atoms with Crippen molar-refractivity contribution < 1.29 is 23.8 Å². The topological polar surface area (TPSA) is 65.0 Å². The fourth-order valence-electron chi connectivity index (χ4n) is 3.70. The molecular formula is C26H36O5S2Si. The monoisotopic (exact) mass is 520 g/mol. The van der Waals surface area contributed by atoms with E-state index in [1.54, 1.807) is 20.3 Å². The molecule has 1 unspecified atom stereocenters. The normalized spacial score (nSPS) is 17.1. The Bertz CT molecular complexity index is 990. The Morgan fingerprint density at radius 1 is 1.03 bits per heavy atom. The third kappa shape index (κ3) is 5.61. The summed E-state index contributed by atoms with van der Waals surface area (Å²) < 4.78 is 17.9. The summed E-state index contributed by atoms with van der Waals surface area (Å²) in [7, 11) is 1.07. The first-order chi connectivity index (χ1) is 15.9. The van der Waals surface area contributed by atoms with Crippen molar-refractivity contribution in [2.24, 2.45) is 0 Å². The SMILES string of the molecule is COc1cc(OC)cc(C(O[Si](C)(C)C(C)(C)C)C2(c3cccc(C(=O)O)c3)SCCCS2)c1. The van der Waals surface area contributed by atoms with Crippen LogP contribution in [-0.4, -0.2) is 45.1 Å². The van der Waals surface area contributed by atoms with Crippen LogP contribution in [-0.2, 0) is 8.51 Å². The van der Waals surface area contributed by atoms with Crippen LogP contribution in [0.3, 0.4) is 0 Å². The van der Waals surface area contributed by atoms with Crippen LogP contribution in [0.25, 0.3) is 0 Å². The predicted molar refractivity (Wildman–Crippen MR) is 145 cm³/mol. The number of benzene rings is 2.